The zero-order valence-corrected chi connectivity index (χ0v) is 13.2. The Morgan fingerprint density at radius 1 is 1.20 bits per heavy atom. The van der Waals surface area contributed by atoms with Gasteiger partial charge in [-0.3, -0.25) is 10.1 Å². The third-order valence-electron chi connectivity index (χ3n) is 2.64. The van der Waals surface area contributed by atoms with Crippen LogP contribution in [0.3, 0.4) is 0 Å². The summed E-state index contributed by atoms with van der Waals surface area (Å²) in [6.45, 7) is 0.285. The van der Waals surface area contributed by atoms with E-state index in [0.29, 0.717) is 0 Å². The van der Waals surface area contributed by atoms with Crippen molar-refractivity contribution in [2.45, 2.75) is 6.54 Å². The highest BCUT2D eigenvalue weighted by molar-refractivity contribution is 9.13. The van der Waals surface area contributed by atoms with Gasteiger partial charge in [0.15, 0.2) is 5.82 Å². The normalized spacial score (nSPS) is 10.3. The minimum atomic E-state index is -0.643. The highest BCUT2D eigenvalue weighted by atomic mass is 79.9. The van der Waals surface area contributed by atoms with Crippen LogP contribution < -0.4 is 5.32 Å². The molecule has 104 valence electrons. The van der Waals surface area contributed by atoms with E-state index >= 15 is 0 Å². The summed E-state index contributed by atoms with van der Waals surface area (Å²) in [5, 5.41) is 13.6. The molecule has 0 spiro atoms. The molecule has 0 saturated carbocycles. The van der Waals surface area contributed by atoms with Gasteiger partial charge in [-0.1, -0.05) is 12.1 Å². The van der Waals surface area contributed by atoms with E-state index in [1.165, 1.54) is 18.2 Å². The molecule has 0 aromatic heterocycles. The first-order valence-corrected chi connectivity index (χ1v) is 7.18. The number of nitro benzene ring substituents is 1. The van der Waals surface area contributed by atoms with Crippen LogP contribution in [-0.2, 0) is 6.54 Å². The van der Waals surface area contributed by atoms with Crippen molar-refractivity contribution in [3.8, 4) is 0 Å². The van der Waals surface area contributed by atoms with Crippen LogP contribution in [0.5, 0.6) is 0 Å². The van der Waals surface area contributed by atoms with Gasteiger partial charge in [-0.15, -0.1) is 0 Å². The predicted molar refractivity (Wildman–Crippen MR) is 82.2 cm³/mol. The molecular weight excluding hydrogens is 395 g/mol. The lowest BCUT2D eigenvalue weighted by Crippen LogP contribution is -2.04. The third kappa shape index (κ3) is 3.34. The summed E-state index contributed by atoms with van der Waals surface area (Å²) < 4.78 is 15.4. The van der Waals surface area contributed by atoms with Gasteiger partial charge < -0.3 is 5.32 Å². The van der Waals surface area contributed by atoms with Crippen LogP contribution in [0.15, 0.2) is 45.3 Å². The van der Waals surface area contributed by atoms with Crippen LogP contribution in [0.1, 0.15) is 5.56 Å². The van der Waals surface area contributed by atoms with Crippen LogP contribution in [0, 0.1) is 15.9 Å². The second kappa shape index (κ2) is 6.32. The second-order valence-electron chi connectivity index (χ2n) is 3.99. The maximum absolute atomic E-state index is 13.7. The average Bonchev–Trinajstić information content (AvgIpc) is 2.40. The molecule has 0 fully saturated rings. The van der Waals surface area contributed by atoms with E-state index in [2.05, 4.69) is 37.2 Å². The molecule has 0 radical (unpaired) electrons. The molecular formula is C13H9Br2FN2O2. The van der Waals surface area contributed by atoms with Crippen molar-refractivity contribution in [1.82, 2.24) is 0 Å². The number of benzene rings is 2. The van der Waals surface area contributed by atoms with Crippen LogP contribution in [0.2, 0.25) is 0 Å². The zero-order chi connectivity index (χ0) is 14.7. The first-order chi connectivity index (χ1) is 9.49. The fourth-order valence-electron chi connectivity index (χ4n) is 1.68. The lowest BCUT2D eigenvalue weighted by atomic mass is 10.2. The van der Waals surface area contributed by atoms with Crippen LogP contribution >= 0.6 is 31.9 Å². The zero-order valence-electron chi connectivity index (χ0n) is 10.1. The Labute approximate surface area is 131 Å². The molecule has 7 heteroatoms. The van der Waals surface area contributed by atoms with Crippen molar-refractivity contribution in [3.63, 3.8) is 0 Å². The number of nitro groups is 1. The summed E-state index contributed by atoms with van der Waals surface area (Å²) in [7, 11) is 0. The molecule has 0 amide bonds. The molecule has 0 atom stereocenters. The van der Waals surface area contributed by atoms with Gasteiger partial charge in [-0.05, 0) is 55.6 Å². The highest BCUT2D eigenvalue weighted by Gasteiger charge is 2.17. The molecule has 1 N–H and O–H groups in total. The van der Waals surface area contributed by atoms with Gasteiger partial charge in [0.1, 0.15) is 5.69 Å². The van der Waals surface area contributed by atoms with E-state index in [-0.39, 0.29) is 17.9 Å². The molecule has 0 unspecified atom stereocenters. The number of anilines is 1. The topological polar surface area (TPSA) is 55.2 Å². The number of hydrogen-bond donors (Lipinski definition) is 1. The standard InChI is InChI=1S/C13H9Br2FN2O2/c14-9-5-4-8(6-10(9)15)7-17-13-11(16)2-1-3-12(13)18(19)20/h1-6,17H,7H2. The molecule has 0 saturated heterocycles. The van der Waals surface area contributed by atoms with Crippen molar-refractivity contribution >= 4 is 43.2 Å². The number of rotatable bonds is 4. The monoisotopic (exact) mass is 402 g/mol. The van der Waals surface area contributed by atoms with Crippen molar-refractivity contribution in [2.24, 2.45) is 0 Å². The first-order valence-electron chi connectivity index (χ1n) is 5.59. The lowest BCUT2D eigenvalue weighted by Gasteiger charge is -2.09. The Kier molecular flexibility index (Phi) is 4.72. The van der Waals surface area contributed by atoms with Gasteiger partial charge in [0.25, 0.3) is 5.69 Å². The number of halogens is 3. The van der Waals surface area contributed by atoms with Crippen molar-refractivity contribution in [1.29, 1.82) is 0 Å². The minimum absolute atomic E-state index is 0.100. The Hall–Kier alpha value is -1.47. The highest BCUT2D eigenvalue weighted by Crippen LogP contribution is 2.28. The summed E-state index contributed by atoms with van der Waals surface area (Å²) in [5.41, 5.74) is 0.496. The van der Waals surface area contributed by atoms with E-state index < -0.39 is 10.7 Å². The number of para-hydroxylation sites is 1. The SMILES string of the molecule is O=[N+]([O-])c1cccc(F)c1NCc1ccc(Br)c(Br)c1. The molecule has 0 heterocycles. The minimum Gasteiger partial charge on any atom is -0.373 e. The van der Waals surface area contributed by atoms with Crippen LogP contribution in [0.4, 0.5) is 15.8 Å². The number of nitrogens with zero attached hydrogens (tertiary/aromatic N) is 1. The predicted octanol–water partition coefficient (Wildman–Crippen LogP) is 4.87. The smallest absolute Gasteiger partial charge is 0.295 e. The van der Waals surface area contributed by atoms with Crippen LogP contribution in [-0.4, -0.2) is 4.92 Å². The van der Waals surface area contributed by atoms with E-state index in [0.717, 1.165) is 14.5 Å². The fraction of sp³-hybridized carbons (Fsp3) is 0.0769. The molecule has 4 nitrogen and oxygen atoms in total. The Balaban J connectivity index is 2.22. The largest absolute Gasteiger partial charge is 0.373 e. The van der Waals surface area contributed by atoms with Crippen LogP contribution in [0.25, 0.3) is 0 Å². The summed E-state index contributed by atoms with van der Waals surface area (Å²) >= 11 is 6.72. The molecule has 0 aliphatic heterocycles. The Morgan fingerprint density at radius 3 is 2.60 bits per heavy atom. The van der Waals surface area contributed by atoms with E-state index in [1.54, 1.807) is 0 Å². The molecule has 0 bridgehead atoms. The molecule has 0 aliphatic carbocycles. The summed E-state index contributed by atoms with van der Waals surface area (Å²) in [4.78, 5) is 10.3. The van der Waals surface area contributed by atoms with Gasteiger partial charge >= 0.3 is 0 Å². The molecule has 0 aliphatic rings. The first kappa shape index (κ1) is 14.9. The fourth-order valence-corrected chi connectivity index (χ4v) is 2.35. The Bertz CT molecular complexity index is 665. The van der Waals surface area contributed by atoms with Crippen molar-refractivity contribution in [2.75, 3.05) is 5.32 Å². The van der Waals surface area contributed by atoms with E-state index in [4.69, 9.17) is 0 Å². The summed E-state index contributed by atoms with van der Waals surface area (Å²) in [6, 6.07) is 9.31. The quantitative estimate of drug-likeness (QED) is 0.585. The molecule has 2 aromatic rings. The van der Waals surface area contributed by atoms with Gasteiger partial charge in [0.2, 0.25) is 0 Å². The summed E-state index contributed by atoms with van der Waals surface area (Å²) in [6.07, 6.45) is 0. The van der Waals surface area contributed by atoms with Gasteiger partial charge in [-0.2, -0.15) is 0 Å². The van der Waals surface area contributed by atoms with Gasteiger partial charge in [0.05, 0.1) is 4.92 Å². The maximum Gasteiger partial charge on any atom is 0.295 e. The van der Waals surface area contributed by atoms with E-state index in [1.807, 2.05) is 18.2 Å². The average molecular weight is 404 g/mol. The number of hydrogen-bond acceptors (Lipinski definition) is 3. The Morgan fingerprint density at radius 2 is 1.95 bits per heavy atom. The maximum atomic E-state index is 13.7. The van der Waals surface area contributed by atoms with Crippen molar-refractivity contribution < 1.29 is 9.31 Å². The molecule has 2 aromatic carbocycles. The van der Waals surface area contributed by atoms with Gasteiger partial charge in [0, 0.05) is 21.6 Å². The summed E-state index contributed by atoms with van der Waals surface area (Å²) in [5.74, 6) is -0.643. The third-order valence-corrected chi connectivity index (χ3v) is 4.52. The van der Waals surface area contributed by atoms with Crippen molar-refractivity contribution in [3.05, 3.63) is 66.8 Å². The molecule has 2 rings (SSSR count). The number of nitrogens with one attached hydrogen (secondary N) is 1. The lowest BCUT2D eigenvalue weighted by molar-refractivity contribution is -0.384. The second-order valence-corrected chi connectivity index (χ2v) is 5.70. The van der Waals surface area contributed by atoms with E-state index in [9.17, 15) is 14.5 Å². The van der Waals surface area contributed by atoms with Gasteiger partial charge in [-0.25, -0.2) is 4.39 Å². The molecule has 20 heavy (non-hydrogen) atoms.